The van der Waals surface area contributed by atoms with Gasteiger partial charge in [-0.15, -0.1) is 0 Å². The molecule has 0 fully saturated rings. The zero-order valence-electron chi connectivity index (χ0n) is 8.61. The summed E-state index contributed by atoms with van der Waals surface area (Å²) in [7, 11) is 0. The SMILES string of the molecule is C=C(C)C(=O)OCCCCC(C)(F)F. The molecule has 0 aliphatic heterocycles. The lowest BCUT2D eigenvalue weighted by Gasteiger charge is -2.09. The average Bonchev–Trinajstić information content (AvgIpc) is 2.01. The number of unbranched alkanes of at least 4 members (excludes halogenated alkanes) is 1. The van der Waals surface area contributed by atoms with Gasteiger partial charge in [0, 0.05) is 12.0 Å². The van der Waals surface area contributed by atoms with Crippen molar-refractivity contribution in [2.75, 3.05) is 6.61 Å². The first kappa shape index (κ1) is 13.1. The summed E-state index contributed by atoms with van der Waals surface area (Å²) in [5, 5.41) is 0. The molecule has 0 atom stereocenters. The van der Waals surface area contributed by atoms with Gasteiger partial charge in [0.1, 0.15) is 0 Å². The van der Waals surface area contributed by atoms with Crippen LogP contribution in [-0.4, -0.2) is 18.5 Å². The molecular formula is C10H16F2O2. The minimum atomic E-state index is -2.63. The second-order valence-corrected chi connectivity index (χ2v) is 3.44. The fourth-order valence-corrected chi connectivity index (χ4v) is 0.826. The van der Waals surface area contributed by atoms with E-state index < -0.39 is 11.9 Å². The molecule has 0 amide bonds. The predicted octanol–water partition coefficient (Wildman–Crippen LogP) is 2.93. The number of hydrogen-bond donors (Lipinski definition) is 0. The van der Waals surface area contributed by atoms with E-state index in [2.05, 4.69) is 6.58 Å². The first-order chi connectivity index (χ1) is 6.33. The molecule has 0 saturated carbocycles. The Morgan fingerprint density at radius 1 is 1.43 bits per heavy atom. The molecule has 0 aromatic rings. The molecular weight excluding hydrogens is 190 g/mol. The molecule has 0 spiro atoms. The van der Waals surface area contributed by atoms with E-state index in [1.165, 1.54) is 0 Å². The van der Waals surface area contributed by atoms with Crippen LogP contribution in [0.4, 0.5) is 8.78 Å². The second kappa shape index (κ2) is 5.73. The topological polar surface area (TPSA) is 26.3 Å². The predicted molar refractivity (Wildman–Crippen MR) is 50.2 cm³/mol. The summed E-state index contributed by atoms with van der Waals surface area (Å²) in [6, 6.07) is 0. The fraction of sp³-hybridized carbons (Fsp3) is 0.700. The quantitative estimate of drug-likeness (QED) is 0.379. The van der Waals surface area contributed by atoms with Gasteiger partial charge in [0.25, 0.3) is 0 Å². The Morgan fingerprint density at radius 2 is 2.00 bits per heavy atom. The average molecular weight is 206 g/mol. The van der Waals surface area contributed by atoms with Crippen molar-refractivity contribution < 1.29 is 18.3 Å². The minimum absolute atomic E-state index is 0.169. The van der Waals surface area contributed by atoms with E-state index in [0.29, 0.717) is 18.4 Å². The Labute approximate surface area is 82.9 Å². The molecule has 0 rings (SSSR count). The molecule has 82 valence electrons. The number of ether oxygens (including phenoxy) is 1. The fourth-order valence-electron chi connectivity index (χ4n) is 0.826. The van der Waals surface area contributed by atoms with Gasteiger partial charge in [-0.05, 0) is 26.7 Å². The summed E-state index contributed by atoms with van der Waals surface area (Å²) < 4.78 is 29.4. The largest absolute Gasteiger partial charge is 0.462 e. The van der Waals surface area contributed by atoms with Crippen LogP contribution in [0.5, 0.6) is 0 Å². The molecule has 0 aliphatic carbocycles. The molecule has 0 aromatic carbocycles. The van der Waals surface area contributed by atoms with Crippen LogP contribution >= 0.6 is 0 Å². The summed E-state index contributed by atoms with van der Waals surface area (Å²) >= 11 is 0. The van der Waals surface area contributed by atoms with Gasteiger partial charge in [0.2, 0.25) is 5.92 Å². The van der Waals surface area contributed by atoms with Crippen LogP contribution in [0, 0.1) is 0 Å². The number of esters is 1. The molecule has 0 aromatic heterocycles. The van der Waals surface area contributed by atoms with E-state index in [1.54, 1.807) is 6.92 Å². The zero-order valence-corrected chi connectivity index (χ0v) is 8.61. The Hall–Kier alpha value is -0.930. The van der Waals surface area contributed by atoms with Gasteiger partial charge in [-0.1, -0.05) is 6.58 Å². The number of alkyl halides is 2. The van der Waals surface area contributed by atoms with E-state index >= 15 is 0 Å². The summed E-state index contributed by atoms with van der Waals surface area (Å²) in [6.07, 6.45) is 0.646. The van der Waals surface area contributed by atoms with Crippen molar-refractivity contribution in [1.29, 1.82) is 0 Å². The number of carbonyl (C=O) groups excluding carboxylic acids is 1. The van der Waals surface area contributed by atoms with Gasteiger partial charge in [-0.3, -0.25) is 0 Å². The van der Waals surface area contributed by atoms with Crippen LogP contribution in [0.3, 0.4) is 0 Å². The normalized spacial score (nSPS) is 11.1. The smallest absolute Gasteiger partial charge is 0.333 e. The third-order valence-corrected chi connectivity index (χ3v) is 1.59. The highest BCUT2D eigenvalue weighted by Gasteiger charge is 2.19. The monoisotopic (exact) mass is 206 g/mol. The minimum Gasteiger partial charge on any atom is -0.462 e. The zero-order chi connectivity index (χ0) is 11.2. The van der Waals surface area contributed by atoms with Crippen molar-refractivity contribution in [2.24, 2.45) is 0 Å². The lowest BCUT2D eigenvalue weighted by atomic mass is 10.2. The molecule has 0 radical (unpaired) electrons. The van der Waals surface area contributed by atoms with Gasteiger partial charge in [0.05, 0.1) is 6.61 Å². The van der Waals surface area contributed by atoms with E-state index in [9.17, 15) is 13.6 Å². The summed E-state index contributed by atoms with van der Waals surface area (Å²) in [5.74, 6) is -3.09. The number of carbonyl (C=O) groups is 1. The third-order valence-electron chi connectivity index (χ3n) is 1.59. The van der Waals surface area contributed by atoms with Crippen molar-refractivity contribution >= 4 is 5.97 Å². The van der Waals surface area contributed by atoms with Gasteiger partial charge in [-0.2, -0.15) is 0 Å². The Balaban J connectivity index is 3.39. The van der Waals surface area contributed by atoms with Crippen LogP contribution in [0.15, 0.2) is 12.2 Å². The standard InChI is InChI=1S/C10H16F2O2/c1-8(2)9(13)14-7-5-4-6-10(3,11)12/h1,4-7H2,2-3H3. The summed E-state index contributed by atoms with van der Waals surface area (Å²) in [5.41, 5.74) is 0.325. The van der Waals surface area contributed by atoms with Crippen molar-refractivity contribution in [3.05, 3.63) is 12.2 Å². The molecule has 0 saturated heterocycles. The molecule has 0 unspecified atom stereocenters. The molecule has 2 nitrogen and oxygen atoms in total. The highest BCUT2D eigenvalue weighted by Crippen LogP contribution is 2.19. The van der Waals surface area contributed by atoms with E-state index in [-0.39, 0.29) is 13.0 Å². The Bertz CT molecular complexity index is 207. The van der Waals surface area contributed by atoms with Crippen molar-refractivity contribution in [1.82, 2.24) is 0 Å². The Kier molecular flexibility index (Phi) is 5.35. The highest BCUT2D eigenvalue weighted by atomic mass is 19.3. The molecule has 0 heterocycles. The molecule has 4 heteroatoms. The maximum absolute atomic E-state index is 12.3. The van der Waals surface area contributed by atoms with E-state index in [0.717, 1.165) is 6.92 Å². The Morgan fingerprint density at radius 3 is 2.43 bits per heavy atom. The summed E-state index contributed by atoms with van der Waals surface area (Å²) in [6.45, 7) is 6.01. The van der Waals surface area contributed by atoms with Crippen LogP contribution in [-0.2, 0) is 9.53 Å². The maximum Gasteiger partial charge on any atom is 0.333 e. The van der Waals surface area contributed by atoms with Crippen LogP contribution in [0.2, 0.25) is 0 Å². The van der Waals surface area contributed by atoms with E-state index in [4.69, 9.17) is 4.74 Å². The third kappa shape index (κ3) is 7.71. The van der Waals surface area contributed by atoms with Crippen LogP contribution in [0.1, 0.15) is 33.1 Å². The molecule has 14 heavy (non-hydrogen) atoms. The molecule has 0 bridgehead atoms. The first-order valence-corrected chi connectivity index (χ1v) is 4.53. The molecule has 0 N–H and O–H groups in total. The van der Waals surface area contributed by atoms with E-state index in [1.807, 2.05) is 0 Å². The van der Waals surface area contributed by atoms with Crippen molar-refractivity contribution in [2.45, 2.75) is 39.0 Å². The van der Waals surface area contributed by atoms with Crippen molar-refractivity contribution in [3.63, 3.8) is 0 Å². The number of halogens is 2. The maximum atomic E-state index is 12.3. The molecule has 0 aliphatic rings. The number of hydrogen-bond acceptors (Lipinski definition) is 2. The highest BCUT2D eigenvalue weighted by molar-refractivity contribution is 5.86. The van der Waals surface area contributed by atoms with Gasteiger partial charge >= 0.3 is 5.97 Å². The first-order valence-electron chi connectivity index (χ1n) is 4.53. The second-order valence-electron chi connectivity index (χ2n) is 3.44. The van der Waals surface area contributed by atoms with Gasteiger partial charge in [0.15, 0.2) is 0 Å². The van der Waals surface area contributed by atoms with Gasteiger partial charge in [-0.25, -0.2) is 13.6 Å². The van der Waals surface area contributed by atoms with Crippen LogP contribution in [0.25, 0.3) is 0 Å². The van der Waals surface area contributed by atoms with Gasteiger partial charge < -0.3 is 4.74 Å². The van der Waals surface area contributed by atoms with Crippen molar-refractivity contribution in [3.8, 4) is 0 Å². The number of rotatable bonds is 6. The lowest BCUT2D eigenvalue weighted by molar-refractivity contribution is -0.139. The van der Waals surface area contributed by atoms with Crippen LogP contribution < -0.4 is 0 Å². The lowest BCUT2D eigenvalue weighted by Crippen LogP contribution is -2.10. The summed E-state index contributed by atoms with van der Waals surface area (Å²) in [4.78, 5) is 10.8.